The lowest BCUT2D eigenvalue weighted by molar-refractivity contribution is -0.149. The molecule has 2 rings (SSSR count). The number of nitrogens with zero attached hydrogens (tertiary/aromatic N) is 1. The standard InChI is InChI=1S/C24H29NO5/c1-5-29-21-13-11-19(15-22(21)28-4)12-14-24(27)30-17-23(26)25(18(2)3)16-20-9-7-6-8-10-20/h6-15,18H,5,16-17H2,1-4H3/b14-12+. The van der Waals surface area contributed by atoms with Crippen LogP contribution in [0.1, 0.15) is 31.9 Å². The number of ether oxygens (including phenoxy) is 3. The minimum atomic E-state index is -0.584. The molecular formula is C24H29NO5. The normalized spacial score (nSPS) is 10.8. The molecule has 0 unspecified atom stereocenters. The Kier molecular flexibility index (Phi) is 8.94. The lowest BCUT2D eigenvalue weighted by Gasteiger charge is -2.26. The molecule has 0 fully saturated rings. The van der Waals surface area contributed by atoms with E-state index < -0.39 is 5.97 Å². The van der Waals surface area contributed by atoms with Gasteiger partial charge in [0.2, 0.25) is 0 Å². The molecule has 0 aliphatic heterocycles. The fourth-order valence-corrected chi connectivity index (χ4v) is 2.83. The van der Waals surface area contributed by atoms with E-state index in [2.05, 4.69) is 0 Å². The number of carbonyl (C=O) groups excluding carboxylic acids is 2. The molecular weight excluding hydrogens is 382 g/mol. The summed E-state index contributed by atoms with van der Waals surface area (Å²) in [6.45, 7) is 6.45. The summed E-state index contributed by atoms with van der Waals surface area (Å²) in [6, 6.07) is 15.1. The van der Waals surface area contributed by atoms with Crippen LogP contribution in [0.5, 0.6) is 11.5 Å². The number of carbonyl (C=O) groups is 2. The second-order valence-electron chi connectivity index (χ2n) is 6.89. The smallest absolute Gasteiger partial charge is 0.331 e. The fraction of sp³-hybridized carbons (Fsp3) is 0.333. The van der Waals surface area contributed by atoms with E-state index in [0.29, 0.717) is 24.7 Å². The second-order valence-corrected chi connectivity index (χ2v) is 6.89. The number of esters is 1. The Morgan fingerprint density at radius 3 is 2.43 bits per heavy atom. The van der Waals surface area contributed by atoms with Gasteiger partial charge in [0.05, 0.1) is 13.7 Å². The van der Waals surface area contributed by atoms with E-state index in [9.17, 15) is 9.59 Å². The van der Waals surface area contributed by atoms with E-state index >= 15 is 0 Å². The maximum absolute atomic E-state index is 12.5. The Bertz CT molecular complexity index is 861. The molecule has 0 atom stereocenters. The van der Waals surface area contributed by atoms with Crippen molar-refractivity contribution in [1.29, 1.82) is 0 Å². The Hall–Kier alpha value is -3.28. The van der Waals surface area contributed by atoms with Gasteiger partial charge in [0.15, 0.2) is 18.1 Å². The summed E-state index contributed by atoms with van der Waals surface area (Å²) in [6.07, 6.45) is 2.90. The Morgan fingerprint density at radius 1 is 1.07 bits per heavy atom. The van der Waals surface area contributed by atoms with Crippen LogP contribution in [0.15, 0.2) is 54.6 Å². The fourth-order valence-electron chi connectivity index (χ4n) is 2.83. The van der Waals surface area contributed by atoms with Crippen molar-refractivity contribution in [2.45, 2.75) is 33.4 Å². The van der Waals surface area contributed by atoms with Gasteiger partial charge in [-0.15, -0.1) is 0 Å². The highest BCUT2D eigenvalue weighted by Gasteiger charge is 2.18. The van der Waals surface area contributed by atoms with Crippen LogP contribution >= 0.6 is 0 Å². The number of methoxy groups -OCH3 is 1. The minimum Gasteiger partial charge on any atom is -0.493 e. The van der Waals surface area contributed by atoms with Crippen LogP contribution in [0, 0.1) is 0 Å². The molecule has 2 aromatic rings. The first-order valence-corrected chi connectivity index (χ1v) is 9.93. The van der Waals surface area contributed by atoms with Crippen LogP contribution in [-0.4, -0.2) is 43.1 Å². The molecule has 0 aliphatic carbocycles. The average molecular weight is 411 g/mol. The molecule has 0 saturated heterocycles. The third-order valence-corrected chi connectivity index (χ3v) is 4.38. The number of amides is 1. The van der Waals surface area contributed by atoms with Crippen LogP contribution < -0.4 is 9.47 Å². The molecule has 2 aromatic carbocycles. The highest BCUT2D eigenvalue weighted by molar-refractivity contribution is 5.89. The van der Waals surface area contributed by atoms with Gasteiger partial charge in [0, 0.05) is 18.7 Å². The van der Waals surface area contributed by atoms with Crippen molar-refractivity contribution in [2.24, 2.45) is 0 Å². The molecule has 0 aromatic heterocycles. The first-order chi connectivity index (χ1) is 14.4. The van der Waals surface area contributed by atoms with Crippen molar-refractivity contribution in [1.82, 2.24) is 4.90 Å². The molecule has 0 radical (unpaired) electrons. The van der Waals surface area contributed by atoms with Crippen LogP contribution in [0.25, 0.3) is 6.08 Å². The largest absolute Gasteiger partial charge is 0.493 e. The Morgan fingerprint density at radius 2 is 1.80 bits per heavy atom. The molecule has 0 heterocycles. The van der Waals surface area contributed by atoms with Gasteiger partial charge in [-0.3, -0.25) is 4.79 Å². The monoisotopic (exact) mass is 411 g/mol. The zero-order valence-electron chi connectivity index (χ0n) is 18.0. The molecule has 0 saturated carbocycles. The van der Waals surface area contributed by atoms with Gasteiger partial charge < -0.3 is 19.1 Å². The van der Waals surface area contributed by atoms with E-state index in [1.807, 2.05) is 57.2 Å². The molecule has 1 amide bonds. The third-order valence-electron chi connectivity index (χ3n) is 4.38. The molecule has 160 valence electrons. The lowest BCUT2D eigenvalue weighted by Crippen LogP contribution is -2.39. The number of rotatable bonds is 10. The van der Waals surface area contributed by atoms with E-state index in [0.717, 1.165) is 11.1 Å². The number of benzene rings is 2. The van der Waals surface area contributed by atoms with Gasteiger partial charge in [-0.2, -0.15) is 0 Å². The van der Waals surface area contributed by atoms with Crippen molar-refractivity contribution >= 4 is 18.0 Å². The average Bonchev–Trinajstić information content (AvgIpc) is 2.75. The third kappa shape index (κ3) is 6.95. The molecule has 0 spiro atoms. The second kappa shape index (κ2) is 11.7. The van der Waals surface area contributed by atoms with Gasteiger partial charge in [0.1, 0.15) is 0 Å². The highest BCUT2D eigenvalue weighted by atomic mass is 16.5. The van der Waals surface area contributed by atoms with E-state index in [1.54, 1.807) is 30.2 Å². The highest BCUT2D eigenvalue weighted by Crippen LogP contribution is 2.28. The topological polar surface area (TPSA) is 65.1 Å². The van der Waals surface area contributed by atoms with Crippen LogP contribution in [0.2, 0.25) is 0 Å². The number of hydrogen-bond acceptors (Lipinski definition) is 5. The van der Waals surface area contributed by atoms with Crippen LogP contribution in [0.4, 0.5) is 0 Å². The quantitative estimate of drug-likeness (QED) is 0.435. The number of hydrogen-bond donors (Lipinski definition) is 0. The summed E-state index contributed by atoms with van der Waals surface area (Å²) >= 11 is 0. The Balaban J connectivity index is 1.93. The van der Waals surface area contributed by atoms with Gasteiger partial charge in [0.25, 0.3) is 5.91 Å². The summed E-state index contributed by atoms with van der Waals surface area (Å²) in [4.78, 5) is 26.3. The first kappa shape index (κ1) is 23.0. The molecule has 0 bridgehead atoms. The van der Waals surface area contributed by atoms with Crippen molar-refractivity contribution in [2.75, 3.05) is 20.3 Å². The van der Waals surface area contributed by atoms with Gasteiger partial charge in [-0.25, -0.2) is 4.79 Å². The summed E-state index contributed by atoms with van der Waals surface area (Å²) < 4.78 is 15.9. The summed E-state index contributed by atoms with van der Waals surface area (Å²) in [5.74, 6) is 0.395. The van der Waals surface area contributed by atoms with Gasteiger partial charge >= 0.3 is 5.97 Å². The molecule has 0 aliphatic rings. The zero-order chi connectivity index (χ0) is 21.9. The zero-order valence-corrected chi connectivity index (χ0v) is 18.0. The maximum atomic E-state index is 12.5. The molecule has 6 heteroatoms. The first-order valence-electron chi connectivity index (χ1n) is 9.93. The SMILES string of the molecule is CCOc1ccc(/C=C/C(=O)OCC(=O)N(Cc2ccccc2)C(C)C)cc1OC. The predicted octanol–water partition coefficient (Wildman–Crippen LogP) is 4.09. The lowest BCUT2D eigenvalue weighted by atomic mass is 10.2. The Labute approximate surface area is 178 Å². The predicted molar refractivity (Wildman–Crippen MR) is 116 cm³/mol. The minimum absolute atomic E-state index is 0.0109. The van der Waals surface area contributed by atoms with Crippen LogP contribution in [0.3, 0.4) is 0 Å². The van der Waals surface area contributed by atoms with Crippen molar-refractivity contribution in [3.05, 3.63) is 65.7 Å². The summed E-state index contributed by atoms with van der Waals surface area (Å²) in [5.41, 5.74) is 1.78. The van der Waals surface area contributed by atoms with Gasteiger partial charge in [-0.05, 0) is 50.1 Å². The molecule has 0 N–H and O–H groups in total. The van der Waals surface area contributed by atoms with E-state index in [-0.39, 0.29) is 18.6 Å². The van der Waals surface area contributed by atoms with Crippen molar-refractivity contribution in [3.8, 4) is 11.5 Å². The summed E-state index contributed by atoms with van der Waals surface area (Å²) in [5, 5.41) is 0. The van der Waals surface area contributed by atoms with E-state index in [4.69, 9.17) is 14.2 Å². The van der Waals surface area contributed by atoms with Crippen molar-refractivity contribution < 1.29 is 23.8 Å². The van der Waals surface area contributed by atoms with Crippen molar-refractivity contribution in [3.63, 3.8) is 0 Å². The van der Waals surface area contributed by atoms with E-state index in [1.165, 1.54) is 6.08 Å². The molecule has 6 nitrogen and oxygen atoms in total. The molecule has 30 heavy (non-hydrogen) atoms. The maximum Gasteiger partial charge on any atom is 0.331 e. The van der Waals surface area contributed by atoms with Crippen LogP contribution in [-0.2, 0) is 20.9 Å². The summed E-state index contributed by atoms with van der Waals surface area (Å²) in [7, 11) is 1.56. The van der Waals surface area contributed by atoms with Gasteiger partial charge in [-0.1, -0.05) is 36.4 Å².